The lowest BCUT2D eigenvalue weighted by atomic mass is 10.1. The normalized spacial score (nSPS) is 21.8. The van der Waals surface area contributed by atoms with Gasteiger partial charge in [0.15, 0.2) is 5.65 Å². The Bertz CT molecular complexity index is 719. The van der Waals surface area contributed by atoms with Crippen molar-refractivity contribution in [2.24, 2.45) is 0 Å². The van der Waals surface area contributed by atoms with E-state index in [9.17, 15) is 0 Å². The molecule has 2 aromatic heterocycles. The fourth-order valence-electron chi connectivity index (χ4n) is 3.23. The molecule has 3 heterocycles. The van der Waals surface area contributed by atoms with Gasteiger partial charge in [0.25, 0.3) is 0 Å². The van der Waals surface area contributed by atoms with E-state index in [1.807, 2.05) is 20.0 Å². The fraction of sp³-hybridized carbons (Fsp3) is 0.562. The topological polar surface area (TPSA) is 75.2 Å². The molecule has 1 fully saturated rings. The van der Waals surface area contributed by atoms with Gasteiger partial charge in [-0.05, 0) is 32.5 Å². The van der Waals surface area contributed by atoms with Crippen LogP contribution in [0.2, 0.25) is 0 Å². The number of rotatable bonds is 4. The van der Waals surface area contributed by atoms with E-state index in [1.54, 1.807) is 7.11 Å². The van der Waals surface area contributed by atoms with Crippen LogP contribution in [0.3, 0.4) is 0 Å². The lowest BCUT2D eigenvalue weighted by molar-refractivity contribution is 0.104. The number of aryl methyl sites for hydroxylation is 2. The zero-order chi connectivity index (χ0) is 16.6. The number of nitrogens with zero attached hydrogens (tertiary/aromatic N) is 4. The standard InChI is InChI=1S/C16H24N6O/c1-9-6-10(2)18-15-13(9)14(17-3)20-16(21-15)19-11-7-22(4)8-12(11)23-5/h6,11-12H,7-8H2,1-5H3,(H2,17,18,19,20,21). The summed E-state index contributed by atoms with van der Waals surface area (Å²) < 4.78 is 5.56. The van der Waals surface area contributed by atoms with Crippen LogP contribution in [0, 0.1) is 13.8 Å². The molecule has 2 N–H and O–H groups in total. The molecular weight excluding hydrogens is 292 g/mol. The smallest absolute Gasteiger partial charge is 0.227 e. The number of pyridine rings is 1. The minimum Gasteiger partial charge on any atom is -0.378 e. The van der Waals surface area contributed by atoms with Gasteiger partial charge in [0.2, 0.25) is 5.95 Å². The average Bonchev–Trinajstić information content (AvgIpc) is 2.85. The van der Waals surface area contributed by atoms with Crippen molar-refractivity contribution in [2.45, 2.75) is 26.0 Å². The highest BCUT2D eigenvalue weighted by atomic mass is 16.5. The van der Waals surface area contributed by atoms with E-state index in [1.165, 1.54) is 0 Å². The highest BCUT2D eigenvalue weighted by molar-refractivity contribution is 5.90. The third kappa shape index (κ3) is 3.07. The molecule has 0 bridgehead atoms. The highest BCUT2D eigenvalue weighted by Crippen LogP contribution is 2.25. The van der Waals surface area contributed by atoms with E-state index < -0.39 is 0 Å². The predicted molar refractivity (Wildman–Crippen MR) is 92.1 cm³/mol. The molecule has 7 heteroatoms. The Morgan fingerprint density at radius 2 is 2.00 bits per heavy atom. The molecule has 1 aliphatic heterocycles. The van der Waals surface area contributed by atoms with Crippen LogP contribution >= 0.6 is 0 Å². The lowest BCUT2D eigenvalue weighted by Gasteiger charge is -2.19. The number of hydrogen-bond donors (Lipinski definition) is 2. The summed E-state index contributed by atoms with van der Waals surface area (Å²) in [6.45, 7) is 5.83. The number of anilines is 2. The van der Waals surface area contributed by atoms with Gasteiger partial charge < -0.3 is 20.3 Å². The molecular formula is C16H24N6O. The molecule has 0 spiro atoms. The monoisotopic (exact) mass is 316 g/mol. The number of fused-ring (bicyclic) bond motifs is 1. The van der Waals surface area contributed by atoms with E-state index in [4.69, 9.17) is 4.74 Å². The van der Waals surface area contributed by atoms with E-state index >= 15 is 0 Å². The van der Waals surface area contributed by atoms with Crippen LogP contribution in [0.4, 0.5) is 11.8 Å². The number of likely N-dealkylation sites (tertiary alicyclic amines) is 1. The Morgan fingerprint density at radius 1 is 1.22 bits per heavy atom. The Kier molecular flexibility index (Phi) is 4.32. The molecule has 2 unspecified atom stereocenters. The van der Waals surface area contributed by atoms with Gasteiger partial charge in [0.1, 0.15) is 5.82 Å². The van der Waals surface area contributed by atoms with Gasteiger partial charge in [-0.1, -0.05) is 0 Å². The fourth-order valence-corrected chi connectivity index (χ4v) is 3.23. The van der Waals surface area contributed by atoms with Crippen molar-refractivity contribution >= 4 is 22.8 Å². The highest BCUT2D eigenvalue weighted by Gasteiger charge is 2.31. The number of methoxy groups -OCH3 is 1. The molecule has 1 aliphatic rings. The van der Waals surface area contributed by atoms with Crippen LogP contribution < -0.4 is 10.6 Å². The summed E-state index contributed by atoms with van der Waals surface area (Å²) in [5.74, 6) is 1.38. The van der Waals surface area contributed by atoms with Crippen LogP contribution in [0.15, 0.2) is 6.07 Å². The van der Waals surface area contributed by atoms with Gasteiger partial charge in [-0.2, -0.15) is 9.97 Å². The Balaban J connectivity index is 1.98. The van der Waals surface area contributed by atoms with E-state index in [0.717, 1.165) is 35.6 Å². The molecule has 1 saturated heterocycles. The van der Waals surface area contributed by atoms with E-state index in [0.29, 0.717) is 11.6 Å². The zero-order valence-electron chi connectivity index (χ0n) is 14.3. The van der Waals surface area contributed by atoms with E-state index in [-0.39, 0.29) is 12.1 Å². The first-order valence-corrected chi connectivity index (χ1v) is 7.83. The Labute approximate surface area is 136 Å². The van der Waals surface area contributed by atoms with Crippen LogP contribution in [-0.4, -0.2) is 66.3 Å². The second-order valence-electron chi connectivity index (χ2n) is 6.17. The van der Waals surface area contributed by atoms with Crippen molar-refractivity contribution in [3.63, 3.8) is 0 Å². The molecule has 0 aliphatic carbocycles. The minimum absolute atomic E-state index is 0.129. The average molecular weight is 316 g/mol. The first-order chi connectivity index (χ1) is 11.0. The molecule has 2 aromatic rings. The molecule has 0 saturated carbocycles. The van der Waals surface area contributed by atoms with Crippen LogP contribution in [0.5, 0.6) is 0 Å². The third-order valence-electron chi connectivity index (χ3n) is 4.29. The minimum atomic E-state index is 0.129. The van der Waals surface area contributed by atoms with Crippen LogP contribution in [0.25, 0.3) is 11.0 Å². The lowest BCUT2D eigenvalue weighted by Crippen LogP contribution is -2.34. The van der Waals surface area contributed by atoms with Gasteiger partial charge in [-0.3, -0.25) is 0 Å². The summed E-state index contributed by atoms with van der Waals surface area (Å²) in [5.41, 5.74) is 2.79. The van der Waals surface area contributed by atoms with Crippen LogP contribution in [0.1, 0.15) is 11.3 Å². The molecule has 124 valence electrons. The maximum atomic E-state index is 5.56. The van der Waals surface area contributed by atoms with Gasteiger partial charge in [0, 0.05) is 32.9 Å². The first kappa shape index (κ1) is 15.9. The number of aromatic nitrogens is 3. The first-order valence-electron chi connectivity index (χ1n) is 7.83. The predicted octanol–water partition coefficient (Wildman–Crippen LogP) is 1.42. The maximum Gasteiger partial charge on any atom is 0.227 e. The van der Waals surface area contributed by atoms with Gasteiger partial charge in [-0.25, -0.2) is 4.98 Å². The second kappa shape index (κ2) is 6.25. The molecule has 7 nitrogen and oxygen atoms in total. The quantitative estimate of drug-likeness (QED) is 0.883. The summed E-state index contributed by atoms with van der Waals surface area (Å²) in [6, 6.07) is 2.21. The molecule has 23 heavy (non-hydrogen) atoms. The maximum absolute atomic E-state index is 5.56. The van der Waals surface area contributed by atoms with Gasteiger partial charge in [-0.15, -0.1) is 0 Å². The van der Waals surface area contributed by atoms with Crippen LogP contribution in [-0.2, 0) is 4.74 Å². The number of ether oxygens (including phenoxy) is 1. The third-order valence-corrected chi connectivity index (χ3v) is 4.29. The van der Waals surface area contributed by atoms with E-state index in [2.05, 4.69) is 44.5 Å². The Morgan fingerprint density at radius 3 is 2.70 bits per heavy atom. The molecule has 0 radical (unpaired) electrons. The molecule has 2 atom stereocenters. The molecule has 0 amide bonds. The van der Waals surface area contributed by atoms with Crippen molar-refractivity contribution < 1.29 is 4.74 Å². The van der Waals surface area contributed by atoms with Gasteiger partial charge >= 0.3 is 0 Å². The zero-order valence-corrected chi connectivity index (χ0v) is 14.3. The van der Waals surface area contributed by atoms with Crippen molar-refractivity contribution in [3.05, 3.63) is 17.3 Å². The van der Waals surface area contributed by atoms with Crippen molar-refractivity contribution in [3.8, 4) is 0 Å². The largest absolute Gasteiger partial charge is 0.378 e. The number of nitrogens with one attached hydrogen (secondary N) is 2. The van der Waals surface area contributed by atoms with Crippen molar-refractivity contribution in [1.82, 2.24) is 19.9 Å². The summed E-state index contributed by atoms with van der Waals surface area (Å²) >= 11 is 0. The molecule has 0 aromatic carbocycles. The summed E-state index contributed by atoms with van der Waals surface area (Å²) in [4.78, 5) is 16.0. The second-order valence-corrected chi connectivity index (χ2v) is 6.17. The summed E-state index contributed by atoms with van der Waals surface area (Å²) in [6.07, 6.45) is 0.129. The molecule has 3 rings (SSSR count). The summed E-state index contributed by atoms with van der Waals surface area (Å²) in [5, 5.41) is 7.53. The number of hydrogen-bond acceptors (Lipinski definition) is 7. The Hall–Kier alpha value is -1.99. The van der Waals surface area contributed by atoms with Crippen molar-refractivity contribution in [1.29, 1.82) is 0 Å². The van der Waals surface area contributed by atoms with Gasteiger partial charge in [0.05, 0.1) is 17.5 Å². The summed E-state index contributed by atoms with van der Waals surface area (Å²) in [7, 11) is 5.70. The van der Waals surface area contributed by atoms with Crippen molar-refractivity contribution in [2.75, 3.05) is 44.9 Å². The number of likely N-dealkylation sites (N-methyl/N-ethyl adjacent to an activating group) is 1. The SMILES string of the molecule is CNc1nc(NC2CN(C)CC2OC)nc2nc(C)cc(C)c12.